The SMILES string of the molecule is C#CCNS(=O)(=O)c1cccc(C(=O)NO[C@H]2CCCCO2)c1. The van der Waals surface area contributed by atoms with E-state index < -0.39 is 22.2 Å². The third kappa shape index (κ3) is 5.04. The van der Waals surface area contributed by atoms with Gasteiger partial charge in [-0.15, -0.1) is 6.42 Å². The second-order valence-electron chi connectivity index (χ2n) is 4.90. The number of carbonyl (C=O) groups is 1. The molecule has 1 atom stereocenters. The molecule has 124 valence electrons. The Bertz CT molecular complexity index is 690. The van der Waals surface area contributed by atoms with Gasteiger partial charge in [0, 0.05) is 18.6 Å². The molecule has 1 fully saturated rings. The summed E-state index contributed by atoms with van der Waals surface area (Å²) in [5, 5.41) is 0. The maximum atomic E-state index is 12.0. The van der Waals surface area contributed by atoms with Gasteiger partial charge in [-0.05, 0) is 31.0 Å². The highest BCUT2D eigenvalue weighted by Crippen LogP contribution is 2.14. The molecule has 7 nitrogen and oxygen atoms in total. The van der Waals surface area contributed by atoms with Crippen molar-refractivity contribution in [2.24, 2.45) is 0 Å². The zero-order valence-corrected chi connectivity index (χ0v) is 13.3. The molecule has 0 radical (unpaired) electrons. The van der Waals surface area contributed by atoms with E-state index in [9.17, 15) is 13.2 Å². The Balaban J connectivity index is 2.01. The summed E-state index contributed by atoms with van der Waals surface area (Å²) in [5.41, 5.74) is 2.44. The molecule has 2 N–H and O–H groups in total. The fourth-order valence-electron chi connectivity index (χ4n) is 2.01. The Labute approximate surface area is 135 Å². The second-order valence-corrected chi connectivity index (χ2v) is 6.67. The molecule has 1 amide bonds. The van der Waals surface area contributed by atoms with Gasteiger partial charge >= 0.3 is 0 Å². The maximum absolute atomic E-state index is 12.0. The van der Waals surface area contributed by atoms with Gasteiger partial charge < -0.3 is 4.74 Å². The van der Waals surface area contributed by atoms with E-state index in [-0.39, 0.29) is 17.0 Å². The van der Waals surface area contributed by atoms with Crippen LogP contribution in [0.15, 0.2) is 29.2 Å². The molecule has 0 unspecified atom stereocenters. The first-order chi connectivity index (χ1) is 11.0. The molecule has 1 aliphatic heterocycles. The standard InChI is InChI=1S/C15H18N2O5S/c1-2-9-16-23(19,20)13-7-5-6-12(11-13)15(18)17-22-14-8-3-4-10-21-14/h1,5-7,11,14,16H,3-4,8-10H2,(H,17,18)/t14-/m0/s1. The van der Waals surface area contributed by atoms with E-state index in [0.717, 1.165) is 12.8 Å². The van der Waals surface area contributed by atoms with E-state index >= 15 is 0 Å². The normalized spacial score (nSPS) is 18.1. The van der Waals surface area contributed by atoms with Crippen LogP contribution in [0.1, 0.15) is 29.6 Å². The molecule has 23 heavy (non-hydrogen) atoms. The summed E-state index contributed by atoms with van der Waals surface area (Å²) in [4.78, 5) is 17.2. The summed E-state index contributed by atoms with van der Waals surface area (Å²) < 4.78 is 31.5. The molecule has 1 aromatic rings. The molecule has 2 rings (SSSR count). The van der Waals surface area contributed by atoms with Crippen molar-refractivity contribution in [1.82, 2.24) is 10.2 Å². The molecule has 1 aromatic carbocycles. The minimum Gasteiger partial charge on any atom is -0.350 e. The van der Waals surface area contributed by atoms with Crippen LogP contribution in [-0.2, 0) is 19.6 Å². The fraction of sp³-hybridized carbons (Fsp3) is 0.400. The average molecular weight is 338 g/mol. The summed E-state index contributed by atoms with van der Waals surface area (Å²) in [6, 6.07) is 5.58. The van der Waals surface area contributed by atoms with Crippen molar-refractivity contribution in [3.63, 3.8) is 0 Å². The summed E-state index contributed by atoms with van der Waals surface area (Å²) in [7, 11) is -3.75. The highest BCUT2D eigenvalue weighted by Gasteiger charge is 2.18. The summed E-state index contributed by atoms with van der Waals surface area (Å²) in [5.74, 6) is 1.64. The number of amides is 1. The Morgan fingerprint density at radius 1 is 1.43 bits per heavy atom. The number of benzene rings is 1. The number of terminal acetylenes is 1. The van der Waals surface area contributed by atoms with Crippen molar-refractivity contribution in [2.75, 3.05) is 13.2 Å². The highest BCUT2D eigenvalue weighted by molar-refractivity contribution is 7.89. The minimum atomic E-state index is -3.75. The third-order valence-corrected chi connectivity index (χ3v) is 4.59. The summed E-state index contributed by atoms with van der Waals surface area (Å²) in [6.45, 7) is 0.468. The van der Waals surface area contributed by atoms with Crippen LogP contribution in [0.5, 0.6) is 0 Å². The van der Waals surface area contributed by atoms with Crippen molar-refractivity contribution in [2.45, 2.75) is 30.4 Å². The van der Waals surface area contributed by atoms with Crippen molar-refractivity contribution in [3.8, 4) is 12.3 Å². The predicted molar refractivity (Wildman–Crippen MR) is 82.6 cm³/mol. The molecule has 1 aliphatic rings. The third-order valence-electron chi connectivity index (χ3n) is 3.19. The molecular weight excluding hydrogens is 320 g/mol. The molecule has 0 aromatic heterocycles. The van der Waals surface area contributed by atoms with Crippen molar-refractivity contribution in [1.29, 1.82) is 0 Å². The largest absolute Gasteiger partial charge is 0.350 e. The van der Waals surface area contributed by atoms with E-state index in [1.165, 1.54) is 24.3 Å². The van der Waals surface area contributed by atoms with E-state index in [1.807, 2.05) is 0 Å². The zero-order chi connectivity index (χ0) is 16.7. The Kier molecular flexibility index (Phi) is 6.12. The van der Waals surface area contributed by atoms with E-state index in [1.54, 1.807) is 0 Å². The van der Waals surface area contributed by atoms with Crippen LogP contribution in [0.3, 0.4) is 0 Å². The number of carbonyl (C=O) groups excluding carboxylic acids is 1. The lowest BCUT2D eigenvalue weighted by Gasteiger charge is -2.22. The van der Waals surface area contributed by atoms with E-state index in [2.05, 4.69) is 16.1 Å². The molecule has 0 bridgehead atoms. The first-order valence-electron chi connectivity index (χ1n) is 7.14. The lowest BCUT2D eigenvalue weighted by atomic mass is 10.2. The fourth-order valence-corrected chi connectivity index (χ4v) is 2.99. The van der Waals surface area contributed by atoms with Crippen LogP contribution in [-0.4, -0.2) is 33.8 Å². The maximum Gasteiger partial charge on any atom is 0.274 e. The number of hydrogen-bond donors (Lipinski definition) is 2. The van der Waals surface area contributed by atoms with Crippen LogP contribution in [0.4, 0.5) is 0 Å². The van der Waals surface area contributed by atoms with Gasteiger partial charge in [0.2, 0.25) is 10.0 Å². The molecule has 1 heterocycles. The van der Waals surface area contributed by atoms with Crippen LogP contribution in [0, 0.1) is 12.3 Å². The first-order valence-corrected chi connectivity index (χ1v) is 8.62. The summed E-state index contributed by atoms with van der Waals surface area (Å²) in [6.07, 6.45) is 7.19. The summed E-state index contributed by atoms with van der Waals surface area (Å²) >= 11 is 0. The van der Waals surface area contributed by atoms with Gasteiger partial charge in [-0.2, -0.15) is 4.72 Å². The van der Waals surface area contributed by atoms with Gasteiger partial charge in [0.05, 0.1) is 11.4 Å². The molecule has 1 saturated heterocycles. The van der Waals surface area contributed by atoms with Crippen molar-refractivity contribution in [3.05, 3.63) is 29.8 Å². The highest BCUT2D eigenvalue weighted by atomic mass is 32.2. The Hall–Kier alpha value is -1.92. The van der Waals surface area contributed by atoms with Crippen LogP contribution >= 0.6 is 0 Å². The lowest BCUT2D eigenvalue weighted by Crippen LogP contribution is -2.33. The zero-order valence-electron chi connectivity index (χ0n) is 12.4. The van der Waals surface area contributed by atoms with Crippen molar-refractivity contribution < 1.29 is 22.8 Å². The first kappa shape index (κ1) is 17.4. The van der Waals surface area contributed by atoms with Gasteiger partial charge in [-0.25, -0.2) is 18.7 Å². The molecule has 0 spiro atoms. The van der Waals surface area contributed by atoms with Gasteiger partial charge in [0.15, 0.2) is 6.29 Å². The quantitative estimate of drug-likeness (QED) is 0.591. The molecule has 0 saturated carbocycles. The molecule has 8 heteroatoms. The van der Waals surface area contributed by atoms with Crippen LogP contribution in [0.25, 0.3) is 0 Å². The molecular formula is C15H18N2O5S. The topological polar surface area (TPSA) is 93.7 Å². The Morgan fingerprint density at radius 2 is 2.26 bits per heavy atom. The average Bonchev–Trinajstić information content (AvgIpc) is 2.59. The number of sulfonamides is 1. The predicted octanol–water partition coefficient (Wildman–Crippen LogP) is 0.786. The van der Waals surface area contributed by atoms with Crippen molar-refractivity contribution >= 4 is 15.9 Å². The number of nitrogens with one attached hydrogen (secondary N) is 2. The van der Waals surface area contributed by atoms with Crippen LogP contribution in [0.2, 0.25) is 0 Å². The van der Waals surface area contributed by atoms with Gasteiger partial charge in [-0.1, -0.05) is 12.0 Å². The number of hydroxylamine groups is 1. The van der Waals surface area contributed by atoms with Gasteiger partial charge in [0.1, 0.15) is 0 Å². The smallest absolute Gasteiger partial charge is 0.274 e. The van der Waals surface area contributed by atoms with Gasteiger partial charge in [0.25, 0.3) is 5.91 Å². The molecule has 0 aliphatic carbocycles. The number of ether oxygens (including phenoxy) is 1. The number of rotatable bonds is 6. The van der Waals surface area contributed by atoms with Crippen LogP contribution < -0.4 is 10.2 Å². The number of hydrogen-bond acceptors (Lipinski definition) is 5. The van der Waals surface area contributed by atoms with E-state index in [0.29, 0.717) is 13.0 Å². The second kappa shape index (κ2) is 8.08. The monoisotopic (exact) mass is 338 g/mol. The Morgan fingerprint density at radius 3 is 2.96 bits per heavy atom. The lowest BCUT2D eigenvalue weighted by molar-refractivity contribution is -0.186. The minimum absolute atomic E-state index is 0.0469. The van der Waals surface area contributed by atoms with E-state index in [4.69, 9.17) is 16.0 Å². The van der Waals surface area contributed by atoms with Gasteiger partial charge in [-0.3, -0.25) is 4.79 Å².